The lowest BCUT2D eigenvalue weighted by molar-refractivity contribution is 0.199. The smallest absolute Gasteiger partial charge is 0.00914 e. The van der Waals surface area contributed by atoms with E-state index in [1.54, 1.807) is 5.57 Å². The maximum Gasteiger partial charge on any atom is 0.00914 e. The van der Waals surface area contributed by atoms with E-state index in [0.29, 0.717) is 0 Å². The highest BCUT2D eigenvalue weighted by Gasteiger charge is 2.18. The summed E-state index contributed by atoms with van der Waals surface area (Å²) in [5.41, 5.74) is 1.72. The van der Waals surface area contributed by atoms with Crippen molar-refractivity contribution < 1.29 is 0 Å². The molecule has 2 heteroatoms. The molecule has 1 N–H and O–H groups in total. The van der Waals surface area contributed by atoms with Crippen LogP contribution in [-0.4, -0.2) is 37.1 Å². The predicted octanol–water partition coefficient (Wildman–Crippen LogP) is 2.95. The van der Waals surface area contributed by atoms with Crippen LogP contribution < -0.4 is 5.32 Å². The van der Waals surface area contributed by atoms with Crippen LogP contribution >= 0.6 is 0 Å². The third-order valence-electron chi connectivity index (χ3n) is 4.15. The Morgan fingerprint density at radius 1 is 1.35 bits per heavy atom. The lowest BCUT2D eigenvalue weighted by Gasteiger charge is -2.32. The molecule has 0 aromatic carbocycles. The average Bonchev–Trinajstić information content (AvgIpc) is 2.88. The molecule has 0 unspecified atom stereocenters. The molecule has 0 aromatic heterocycles. The zero-order valence-corrected chi connectivity index (χ0v) is 11.4. The average molecular weight is 236 g/mol. The van der Waals surface area contributed by atoms with Gasteiger partial charge >= 0.3 is 0 Å². The van der Waals surface area contributed by atoms with Crippen molar-refractivity contribution in [3.05, 3.63) is 11.6 Å². The van der Waals surface area contributed by atoms with E-state index in [0.717, 1.165) is 6.04 Å². The van der Waals surface area contributed by atoms with Crippen LogP contribution in [0.1, 0.15) is 51.9 Å². The summed E-state index contributed by atoms with van der Waals surface area (Å²) in [6.07, 6.45) is 11.8. The fraction of sp³-hybridized carbons (Fsp3) is 0.867. The van der Waals surface area contributed by atoms with Crippen LogP contribution in [0.3, 0.4) is 0 Å². The van der Waals surface area contributed by atoms with E-state index in [2.05, 4.69) is 23.2 Å². The molecule has 2 aliphatic rings. The first-order valence-corrected chi connectivity index (χ1v) is 7.52. The maximum absolute atomic E-state index is 3.65. The van der Waals surface area contributed by atoms with E-state index in [9.17, 15) is 0 Å². The molecule has 0 amide bonds. The van der Waals surface area contributed by atoms with E-state index < -0.39 is 0 Å². The van der Waals surface area contributed by atoms with Crippen LogP contribution in [0.5, 0.6) is 0 Å². The monoisotopic (exact) mass is 236 g/mol. The number of hydrogen-bond donors (Lipinski definition) is 1. The molecular weight excluding hydrogens is 208 g/mol. The molecule has 0 atom stereocenters. The fourth-order valence-electron chi connectivity index (χ4n) is 2.98. The summed E-state index contributed by atoms with van der Waals surface area (Å²) >= 11 is 0. The highest BCUT2D eigenvalue weighted by molar-refractivity contribution is 5.07. The molecule has 1 heterocycles. The normalized spacial score (nSPS) is 23.0. The number of nitrogens with one attached hydrogen (secondary N) is 1. The Hall–Kier alpha value is -0.340. The van der Waals surface area contributed by atoms with Crippen molar-refractivity contribution in [1.82, 2.24) is 10.2 Å². The largest absolute Gasteiger partial charge is 0.314 e. The minimum absolute atomic E-state index is 0.789. The Kier molecular flexibility index (Phi) is 5.53. The van der Waals surface area contributed by atoms with Crippen molar-refractivity contribution in [3.8, 4) is 0 Å². The first-order valence-electron chi connectivity index (χ1n) is 7.52. The molecule has 1 fully saturated rings. The van der Waals surface area contributed by atoms with Gasteiger partial charge in [0.25, 0.3) is 0 Å². The number of likely N-dealkylation sites (tertiary alicyclic amines) is 1. The third-order valence-corrected chi connectivity index (χ3v) is 4.15. The Bertz CT molecular complexity index is 239. The van der Waals surface area contributed by atoms with Crippen LogP contribution in [-0.2, 0) is 0 Å². The molecule has 1 aliphatic heterocycles. The van der Waals surface area contributed by atoms with Crippen molar-refractivity contribution in [3.63, 3.8) is 0 Å². The Labute approximate surface area is 106 Å². The highest BCUT2D eigenvalue weighted by atomic mass is 15.1. The predicted molar refractivity (Wildman–Crippen MR) is 74.3 cm³/mol. The Balaban J connectivity index is 1.58. The molecule has 0 spiro atoms. The number of allylic oxidation sites excluding steroid dienone is 1. The SMILES string of the molecule is CCCNC1CCN(CCC2=CCCC2)CC1. The minimum atomic E-state index is 0.789. The van der Waals surface area contributed by atoms with Gasteiger partial charge in [0.1, 0.15) is 0 Å². The van der Waals surface area contributed by atoms with E-state index >= 15 is 0 Å². The van der Waals surface area contributed by atoms with Gasteiger partial charge in [0.2, 0.25) is 0 Å². The van der Waals surface area contributed by atoms with Crippen LogP contribution in [0.2, 0.25) is 0 Å². The minimum Gasteiger partial charge on any atom is -0.314 e. The van der Waals surface area contributed by atoms with Crippen molar-refractivity contribution in [2.75, 3.05) is 26.2 Å². The molecule has 0 radical (unpaired) electrons. The van der Waals surface area contributed by atoms with Gasteiger partial charge in [-0.1, -0.05) is 18.6 Å². The number of nitrogens with zero attached hydrogens (tertiary/aromatic N) is 1. The summed E-state index contributed by atoms with van der Waals surface area (Å²) in [6, 6.07) is 0.789. The van der Waals surface area contributed by atoms with Gasteiger partial charge in [0.05, 0.1) is 0 Å². The van der Waals surface area contributed by atoms with Gasteiger partial charge in [-0.15, -0.1) is 0 Å². The van der Waals surface area contributed by atoms with Gasteiger partial charge in [-0.25, -0.2) is 0 Å². The van der Waals surface area contributed by atoms with Crippen LogP contribution in [0.15, 0.2) is 11.6 Å². The topological polar surface area (TPSA) is 15.3 Å². The van der Waals surface area contributed by atoms with Gasteiger partial charge in [0, 0.05) is 12.6 Å². The lowest BCUT2D eigenvalue weighted by atomic mass is 10.0. The number of hydrogen-bond acceptors (Lipinski definition) is 2. The standard InChI is InChI=1S/C15H28N2/c1-2-10-16-15-8-12-17(13-9-15)11-7-14-5-3-4-6-14/h5,15-16H,2-4,6-13H2,1H3. The second-order valence-corrected chi connectivity index (χ2v) is 5.57. The van der Waals surface area contributed by atoms with Crippen LogP contribution in [0.4, 0.5) is 0 Å². The summed E-state index contributed by atoms with van der Waals surface area (Å²) in [4.78, 5) is 2.66. The van der Waals surface area contributed by atoms with Crippen molar-refractivity contribution in [1.29, 1.82) is 0 Å². The molecular formula is C15H28N2. The molecule has 0 saturated carbocycles. The van der Waals surface area contributed by atoms with E-state index in [1.807, 2.05) is 0 Å². The van der Waals surface area contributed by atoms with E-state index in [4.69, 9.17) is 0 Å². The van der Waals surface area contributed by atoms with Crippen molar-refractivity contribution >= 4 is 0 Å². The molecule has 0 bridgehead atoms. The lowest BCUT2D eigenvalue weighted by Crippen LogP contribution is -2.43. The molecule has 1 saturated heterocycles. The summed E-state index contributed by atoms with van der Waals surface area (Å²) < 4.78 is 0. The summed E-state index contributed by atoms with van der Waals surface area (Å²) in [6.45, 7) is 7.34. The van der Waals surface area contributed by atoms with Gasteiger partial charge in [-0.2, -0.15) is 0 Å². The summed E-state index contributed by atoms with van der Waals surface area (Å²) in [5, 5.41) is 3.65. The van der Waals surface area contributed by atoms with Gasteiger partial charge in [0.15, 0.2) is 0 Å². The zero-order chi connectivity index (χ0) is 11.9. The quantitative estimate of drug-likeness (QED) is 0.713. The molecule has 17 heavy (non-hydrogen) atoms. The van der Waals surface area contributed by atoms with E-state index in [1.165, 1.54) is 71.1 Å². The zero-order valence-electron chi connectivity index (χ0n) is 11.4. The Morgan fingerprint density at radius 2 is 2.18 bits per heavy atom. The maximum atomic E-state index is 3.65. The molecule has 98 valence electrons. The van der Waals surface area contributed by atoms with Gasteiger partial charge in [-0.3, -0.25) is 0 Å². The Morgan fingerprint density at radius 3 is 2.82 bits per heavy atom. The first kappa shape index (κ1) is 13.1. The molecule has 0 aromatic rings. The fourth-order valence-corrected chi connectivity index (χ4v) is 2.98. The van der Waals surface area contributed by atoms with E-state index in [-0.39, 0.29) is 0 Å². The van der Waals surface area contributed by atoms with Crippen LogP contribution in [0.25, 0.3) is 0 Å². The summed E-state index contributed by atoms with van der Waals surface area (Å²) in [7, 11) is 0. The molecule has 2 rings (SSSR count). The second kappa shape index (κ2) is 7.17. The highest BCUT2D eigenvalue weighted by Crippen LogP contribution is 2.21. The second-order valence-electron chi connectivity index (χ2n) is 5.57. The molecule has 2 nitrogen and oxygen atoms in total. The van der Waals surface area contributed by atoms with Crippen molar-refractivity contribution in [2.24, 2.45) is 0 Å². The van der Waals surface area contributed by atoms with Crippen LogP contribution in [0, 0.1) is 0 Å². The van der Waals surface area contributed by atoms with Gasteiger partial charge in [-0.05, 0) is 64.6 Å². The van der Waals surface area contributed by atoms with Gasteiger partial charge < -0.3 is 10.2 Å². The third kappa shape index (κ3) is 4.44. The number of rotatable bonds is 6. The summed E-state index contributed by atoms with van der Waals surface area (Å²) in [5.74, 6) is 0. The van der Waals surface area contributed by atoms with Crippen molar-refractivity contribution in [2.45, 2.75) is 57.9 Å². The molecule has 1 aliphatic carbocycles. The number of piperidine rings is 1. The first-order chi connectivity index (χ1) is 8.38.